The molecular weight excluding hydrogens is 306 g/mol. The molecule has 0 spiro atoms. The van der Waals surface area contributed by atoms with Crippen molar-refractivity contribution in [2.45, 2.75) is 18.5 Å². The van der Waals surface area contributed by atoms with Crippen LogP contribution in [0.15, 0.2) is 24.3 Å². The Morgan fingerprint density at radius 2 is 1.70 bits per heavy atom. The topological polar surface area (TPSA) is 162 Å². The molecule has 126 valence electrons. The van der Waals surface area contributed by atoms with Crippen LogP contribution in [0.3, 0.4) is 0 Å². The van der Waals surface area contributed by atoms with E-state index in [1.165, 1.54) is 12.1 Å². The van der Waals surface area contributed by atoms with E-state index in [1.54, 1.807) is 12.1 Å². The summed E-state index contributed by atoms with van der Waals surface area (Å²) >= 11 is 0. The highest BCUT2D eigenvalue weighted by atomic mass is 16.4. The lowest BCUT2D eigenvalue weighted by Crippen LogP contribution is -2.54. The lowest BCUT2D eigenvalue weighted by atomic mass is 10.0. The van der Waals surface area contributed by atoms with Crippen LogP contribution in [0.2, 0.25) is 0 Å². The zero-order valence-corrected chi connectivity index (χ0v) is 12.2. The number of hydrogen-bond donors (Lipinski definition) is 6. The molecule has 0 saturated carbocycles. The van der Waals surface area contributed by atoms with Crippen LogP contribution in [0.1, 0.15) is 5.56 Å². The van der Waals surface area contributed by atoms with Crippen molar-refractivity contribution in [2.75, 3.05) is 13.2 Å². The normalized spacial score (nSPS) is 13.0. The Bertz CT molecular complexity index is 560. The zero-order valence-electron chi connectivity index (χ0n) is 12.2. The SMILES string of the molecule is NCC(=O)NC(Cc1ccc(O)cc1)C(=O)NC(CO)C(=O)O. The molecule has 9 nitrogen and oxygen atoms in total. The number of carboxylic acid groups (broad SMARTS) is 1. The van der Waals surface area contributed by atoms with E-state index in [4.69, 9.17) is 15.9 Å². The van der Waals surface area contributed by atoms with Crippen molar-refractivity contribution in [2.24, 2.45) is 5.73 Å². The maximum absolute atomic E-state index is 12.1. The number of carboxylic acids is 1. The summed E-state index contributed by atoms with van der Waals surface area (Å²) in [5.74, 6) is -2.69. The molecule has 2 atom stereocenters. The molecule has 1 rings (SSSR count). The molecule has 2 unspecified atom stereocenters. The molecule has 0 aliphatic carbocycles. The smallest absolute Gasteiger partial charge is 0.328 e. The lowest BCUT2D eigenvalue weighted by Gasteiger charge is -2.20. The molecule has 0 radical (unpaired) electrons. The van der Waals surface area contributed by atoms with Crippen molar-refractivity contribution in [3.8, 4) is 5.75 Å². The number of nitrogens with one attached hydrogen (secondary N) is 2. The van der Waals surface area contributed by atoms with Gasteiger partial charge in [0.1, 0.15) is 17.8 Å². The first kappa shape index (κ1) is 18.4. The summed E-state index contributed by atoms with van der Waals surface area (Å²) in [6.07, 6.45) is 0.0651. The van der Waals surface area contributed by atoms with Gasteiger partial charge in [-0.15, -0.1) is 0 Å². The maximum atomic E-state index is 12.1. The summed E-state index contributed by atoms with van der Waals surface area (Å²) in [5, 5.41) is 31.5. The van der Waals surface area contributed by atoms with Gasteiger partial charge in [0.25, 0.3) is 0 Å². The van der Waals surface area contributed by atoms with E-state index in [0.29, 0.717) is 5.56 Å². The van der Waals surface area contributed by atoms with Gasteiger partial charge in [-0.05, 0) is 17.7 Å². The van der Waals surface area contributed by atoms with Crippen molar-refractivity contribution in [1.82, 2.24) is 10.6 Å². The van der Waals surface area contributed by atoms with E-state index < -0.39 is 36.5 Å². The van der Waals surface area contributed by atoms with E-state index in [1.807, 2.05) is 0 Å². The van der Waals surface area contributed by atoms with Crippen LogP contribution < -0.4 is 16.4 Å². The van der Waals surface area contributed by atoms with Gasteiger partial charge in [-0.2, -0.15) is 0 Å². The fourth-order valence-corrected chi connectivity index (χ4v) is 1.79. The third-order valence-electron chi connectivity index (χ3n) is 3.01. The molecule has 2 amide bonds. The molecule has 0 fully saturated rings. The molecule has 0 saturated heterocycles. The predicted molar refractivity (Wildman–Crippen MR) is 79.4 cm³/mol. The summed E-state index contributed by atoms with van der Waals surface area (Å²) in [7, 11) is 0. The Labute approximate surface area is 132 Å². The highest BCUT2D eigenvalue weighted by Gasteiger charge is 2.26. The minimum absolute atomic E-state index is 0.0481. The highest BCUT2D eigenvalue weighted by molar-refractivity contribution is 5.91. The Balaban J connectivity index is 2.86. The van der Waals surface area contributed by atoms with Crippen molar-refractivity contribution in [3.05, 3.63) is 29.8 Å². The second kappa shape index (κ2) is 8.71. The van der Waals surface area contributed by atoms with Gasteiger partial charge >= 0.3 is 5.97 Å². The summed E-state index contributed by atoms with van der Waals surface area (Å²) in [5.41, 5.74) is 5.83. The van der Waals surface area contributed by atoms with Crippen molar-refractivity contribution < 1.29 is 29.7 Å². The fraction of sp³-hybridized carbons (Fsp3) is 0.357. The van der Waals surface area contributed by atoms with Gasteiger partial charge in [-0.3, -0.25) is 9.59 Å². The van der Waals surface area contributed by atoms with Gasteiger partial charge in [0.2, 0.25) is 11.8 Å². The number of amides is 2. The highest BCUT2D eigenvalue weighted by Crippen LogP contribution is 2.11. The first-order valence-electron chi connectivity index (χ1n) is 6.78. The minimum atomic E-state index is -1.47. The summed E-state index contributed by atoms with van der Waals surface area (Å²) in [6, 6.07) is 3.42. The quantitative estimate of drug-likeness (QED) is 0.320. The Morgan fingerprint density at radius 1 is 1.09 bits per heavy atom. The number of phenols is 1. The number of benzene rings is 1. The van der Waals surface area contributed by atoms with Gasteiger partial charge in [0.05, 0.1) is 13.2 Å². The van der Waals surface area contributed by atoms with Gasteiger partial charge in [-0.1, -0.05) is 12.1 Å². The Hall–Kier alpha value is -2.65. The number of carbonyl (C=O) groups excluding carboxylic acids is 2. The predicted octanol–water partition coefficient (Wildman–Crippen LogP) is -2.06. The molecule has 0 aliphatic heterocycles. The van der Waals surface area contributed by atoms with E-state index in [9.17, 15) is 19.5 Å². The molecule has 0 aromatic heterocycles. The molecule has 0 heterocycles. The van der Waals surface area contributed by atoms with E-state index in [0.717, 1.165) is 0 Å². The monoisotopic (exact) mass is 325 g/mol. The van der Waals surface area contributed by atoms with Crippen molar-refractivity contribution in [1.29, 1.82) is 0 Å². The Morgan fingerprint density at radius 3 is 2.17 bits per heavy atom. The minimum Gasteiger partial charge on any atom is -0.508 e. The van der Waals surface area contributed by atoms with Crippen LogP contribution >= 0.6 is 0 Å². The molecule has 23 heavy (non-hydrogen) atoms. The molecule has 1 aromatic carbocycles. The second-order valence-electron chi connectivity index (χ2n) is 4.78. The molecule has 9 heteroatoms. The lowest BCUT2D eigenvalue weighted by molar-refractivity contribution is -0.143. The van der Waals surface area contributed by atoms with E-state index >= 15 is 0 Å². The molecule has 0 aliphatic rings. The third-order valence-corrected chi connectivity index (χ3v) is 3.01. The Kier molecular flexibility index (Phi) is 6.97. The molecule has 1 aromatic rings. The maximum Gasteiger partial charge on any atom is 0.328 e. The van der Waals surface area contributed by atoms with Gasteiger partial charge in [0.15, 0.2) is 0 Å². The number of nitrogens with two attached hydrogens (primary N) is 1. The van der Waals surface area contributed by atoms with Crippen LogP contribution in [0, 0.1) is 0 Å². The van der Waals surface area contributed by atoms with Gasteiger partial charge in [-0.25, -0.2) is 4.79 Å². The van der Waals surface area contributed by atoms with Gasteiger partial charge < -0.3 is 31.7 Å². The summed E-state index contributed by atoms with van der Waals surface area (Å²) < 4.78 is 0. The average Bonchev–Trinajstić information content (AvgIpc) is 2.53. The van der Waals surface area contributed by atoms with E-state index in [2.05, 4.69) is 10.6 Å². The number of aliphatic carboxylic acids is 1. The first-order chi connectivity index (χ1) is 10.9. The number of carbonyl (C=O) groups is 3. The summed E-state index contributed by atoms with van der Waals surface area (Å²) in [4.78, 5) is 34.4. The largest absolute Gasteiger partial charge is 0.508 e. The number of aliphatic hydroxyl groups excluding tert-OH is 1. The number of aromatic hydroxyl groups is 1. The molecule has 0 bridgehead atoms. The first-order valence-corrected chi connectivity index (χ1v) is 6.78. The van der Waals surface area contributed by atoms with E-state index in [-0.39, 0.29) is 18.7 Å². The van der Waals surface area contributed by atoms with Crippen LogP contribution in [0.25, 0.3) is 0 Å². The number of rotatable bonds is 8. The molecule has 7 N–H and O–H groups in total. The third kappa shape index (κ3) is 5.93. The van der Waals surface area contributed by atoms with Gasteiger partial charge in [0, 0.05) is 6.42 Å². The average molecular weight is 325 g/mol. The van der Waals surface area contributed by atoms with Crippen LogP contribution in [0.5, 0.6) is 5.75 Å². The van der Waals surface area contributed by atoms with Crippen LogP contribution in [-0.2, 0) is 20.8 Å². The van der Waals surface area contributed by atoms with Crippen LogP contribution in [0.4, 0.5) is 0 Å². The van der Waals surface area contributed by atoms with Crippen molar-refractivity contribution in [3.63, 3.8) is 0 Å². The zero-order chi connectivity index (χ0) is 17.4. The number of hydrogen-bond acceptors (Lipinski definition) is 6. The summed E-state index contributed by atoms with van der Waals surface area (Å²) in [6.45, 7) is -1.11. The molecular formula is C14H19N3O6. The van der Waals surface area contributed by atoms with Crippen LogP contribution in [-0.4, -0.2) is 58.3 Å². The van der Waals surface area contributed by atoms with Crippen molar-refractivity contribution >= 4 is 17.8 Å². The second-order valence-corrected chi connectivity index (χ2v) is 4.78. The number of aliphatic hydroxyl groups is 1. The fourth-order valence-electron chi connectivity index (χ4n) is 1.79. The number of phenolic OH excluding ortho intramolecular Hbond substituents is 1. The standard InChI is InChI=1S/C14H19N3O6/c15-6-12(20)16-10(5-8-1-3-9(19)4-2-8)13(21)17-11(7-18)14(22)23/h1-4,10-11,18-19H,5-7,15H2,(H,16,20)(H,17,21)(H,22,23).